The van der Waals surface area contributed by atoms with Gasteiger partial charge < -0.3 is 14.8 Å². The summed E-state index contributed by atoms with van der Waals surface area (Å²) in [5, 5.41) is 3.55. The van der Waals surface area contributed by atoms with Crippen LogP contribution < -0.4 is 10.1 Å². The Kier molecular flexibility index (Phi) is 5.49. The first kappa shape index (κ1) is 13.4. The van der Waals surface area contributed by atoms with E-state index >= 15 is 0 Å². The summed E-state index contributed by atoms with van der Waals surface area (Å²) in [5.74, 6) is 1.63. The Hall–Kier alpha value is -1.06. The molecule has 1 aromatic rings. The summed E-state index contributed by atoms with van der Waals surface area (Å²) in [5.41, 5.74) is 0. The molecule has 1 N–H and O–H groups in total. The fourth-order valence-electron chi connectivity index (χ4n) is 2.22. The van der Waals surface area contributed by atoms with Crippen molar-refractivity contribution in [3.05, 3.63) is 30.3 Å². The standard InChI is InChI=1S/C15H23NO2/c1-13(14-8-11-17-12-14)16-9-5-10-18-15-6-3-2-4-7-15/h2-4,6-7,13-14,16H,5,8-12H2,1H3/t13-,14-/m0/s1. The first-order valence-corrected chi connectivity index (χ1v) is 6.85. The van der Waals surface area contributed by atoms with Crippen LogP contribution in [0.5, 0.6) is 5.75 Å². The van der Waals surface area contributed by atoms with Crippen LogP contribution in [0.2, 0.25) is 0 Å². The fraction of sp³-hybridized carbons (Fsp3) is 0.600. The molecule has 0 amide bonds. The Bertz CT molecular complexity index is 323. The van der Waals surface area contributed by atoms with Gasteiger partial charge in [-0.25, -0.2) is 0 Å². The van der Waals surface area contributed by atoms with Crippen LogP contribution in [0.3, 0.4) is 0 Å². The van der Waals surface area contributed by atoms with Crippen molar-refractivity contribution in [2.75, 3.05) is 26.4 Å². The number of ether oxygens (including phenoxy) is 2. The van der Waals surface area contributed by atoms with Crippen LogP contribution in [-0.2, 0) is 4.74 Å². The third-order valence-electron chi connectivity index (χ3n) is 3.47. The van der Waals surface area contributed by atoms with Crippen LogP contribution in [0, 0.1) is 5.92 Å². The molecule has 0 unspecified atom stereocenters. The quantitative estimate of drug-likeness (QED) is 0.753. The minimum Gasteiger partial charge on any atom is -0.494 e. The van der Waals surface area contributed by atoms with E-state index < -0.39 is 0 Å². The van der Waals surface area contributed by atoms with Crippen molar-refractivity contribution in [3.8, 4) is 5.75 Å². The lowest BCUT2D eigenvalue weighted by atomic mass is 10.0. The number of benzene rings is 1. The Morgan fingerprint density at radius 1 is 1.39 bits per heavy atom. The third-order valence-corrected chi connectivity index (χ3v) is 3.47. The van der Waals surface area contributed by atoms with Crippen LogP contribution >= 0.6 is 0 Å². The van der Waals surface area contributed by atoms with Crippen molar-refractivity contribution >= 4 is 0 Å². The summed E-state index contributed by atoms with van der Waals surface area (Å²) >= 11 is 0. The van der Waals surface area contributed by atoms with Gasteiger partial charge in [0.2, 0.25) is 0 Å². The molecule has 0 aromatic heterocycles. The normalized spacial score (nSPS) is 20.8. The molecule has 0 saturated carbocycles. The highest BCUT2D eigenvalue weighted by molar-refractivity contribution is 5.20. The van der Waals surface area contributed by atoms with Gasteiger partial charge in [0.15, 0.2) is 0 Å². The van der Waals surface area contributed by atoms with E-state index in [1.807, 2.05) is 30.3 Å². The molecule has 1 saturated heterocycles. The number of hydrogen-bond donors (Lipinski definition) is 1. The molecule has 0 spiro atoms. The van der Waals surface area contributed by atoms with E-state index in [1.54, 1.807) is 0 Å². The first-order chi connectivity index (χ1) is 8.86. The minimum atomic E-state index is 0.546. The second-order valence-corrected chi connectivity index (χ2v) is 4.88. The molecule has 2 rings (SSSR count). The summed E-state index contributed by atoms with van der Waals surface area (Å²) in [4.78, 5) is 0. The van der Waals surface area contributed by atoms with Crippen molar-refractivity contribution < 1.29 is 9.47 Å². The molecule has 100 valence electrons. The Balaban J connectivity index is 1.53. The number of hydrogen-bond acceptors (Lipinski definition) is 3. The molecule has 3 nitrogen and oxygen atoms in total. The molecular weight excluding hydrogens is 226 g/mol. The molecule has 1 aromatic carbocycles. The first-order valence-electron chi connectivity index (χ1n) is 6.85. The maximum Gasteiger partial charge on any atom is 0.119 e. The van der Waals surface area contributed by atoms with Crippen LogP contribution in [0.4, 0.5) is 0 Å². The van der Waals surface area contributed by atoms with E-state index in [2.05, 4.69) is 12.2 Å². The zero-order valence-electron chi connectivity index (χ0n) is 11.1. The summed E-state index contributed by atoms with van der Waals surface area (Å²) in [6.45, 7) is 5.86. The van der Waals surface area contributed by atoms with Gasteiger partial charge in [0, 0.05) is 12.6 Å². The van der Waals surface area contributed by atoms with Gasteiger partial charge in [0.05, 0.1) is 13.2 Å². The van der Waals surface area contributed by atoms with E-state index in [1.165, 1.54) is 6.42 Å². The second-order valence-electron chi connectivity index (χ2n) is 4.88. The highest BCUT2D eigenvalue weighted by atomic mass is 16.5. The van der Waals surface area contributed by atoms with Crippen LogP contribution in [0.25, 0.3) is 0 Å². The Labute approximate surface area is 109 Å². The van der Waals surface area contributed by atoms with E-state index in [0.29, 0.717) is 12.0 Å². The highest BCUT2D eigenvalue weighted by Crippen LogP contribution is 2.16. The monoisotopic (exact) mass is 249 g/mol. The van der Waals surface area contributed by atoms with Gasteiger partial charge in [-0.2, -0.15) is 0 Å². The van der Waals surface area contributed by atoms with Crippen LogP contribution in [-0.4, -0.2) is 32.4 Å². The largest absolute Gasteiger partial charge is 0.494 e. The van der Waals surface area contributed by atoms with E-state index in [-0.39, 0.29) is 0 Å². The average Bonchev–Trinajstić information content (AvgIpc) is 2.93. The lowest BCUT2D eigenvalue weighted by Crippen LogP contribution is -2.34. The van der Waals surface area contributed by atoms with E-state index in [9.17, 15) is 0 Å². The third kappa shape index (κ3) is 4.31. The van der Waals surface area contributed by atoms with Crippen molar-refractivity contribution in [3.63, 3.8) is 0 Å². The van der Waals surface area contributed by atoms with Crippen molar-refractivity contribution in [1.29, 1.82) is 0 Å². The molecule has 0 aliphatic carbocycles. The van der Waals surface area contributed by atoms with Crippen molar-refractivity contribution in [2.45, 2.75) is 25.8 Å². The van der Waals surface area contributed by atoms with Gasteiger partial charge in [0.25, 0.3) is 0 Å². The van der Waals surface area contributed by atoms with Crippen molar-refractivity contribution in [1.82, 2.24) is 5.32 Å². The molecule has 1 aliphatic rings. The fourth-order valence-corrected chi connectivity index (χ4v) is 2.22. The smallest absolute Gasteiger partial charge is 0.119 e. The van der Waals surface area contributed by atoms with Gasteiger partial charge in [-0.05, 0) is 44.4 Å². The van der Waals surface area contributed by atoms with Gasteiger partial charge >= 0.3 is 0 Å². The maximum absolute atomic E-state index is 5.65. The minimum absolute atomic E-state index is 0.546. The molecule has 0 radical (unpaired) electrons. The van der Waals surface area contributed by atoms with E-state index in [4.69, 9.17) is 9.47 Å². The Morgan fingerprint density at radius 3 is 2.94 bits per heavy atom. The summed E-state index contributed by atoms with van der Waals surface area (Å²) in [6.07, 6.45) is 2.22. The Morgan fingerprint density at radius 2 is 2.22 bits per heavy atom. The zero-order chi connectivity index (χ0) is 12.6. The van der Waals surface area contributed by atoms with Crippen molar-refractivity contribution in [2.24, 2.45) is 5.92 Å². The van der Waals surface area contributed by atoms with Gasteiger partial charge in [-0.3, -0.25) is 0 Å². The molecule has 1 aliphatic heterocycles. The summed E-state index contributed by atoms with van der Waals surface area (Å²) < 4.78 is 11.0. The molecule has 1 heterocycles. The average molecular weight is 249 g/mol. The predicted octanol–water partition coefficient (Wildman–Crippen LogP) is 2.47. The molecular formula is C15H23NO2. The molecule has 3 heteroatoms. The second kappa shape index (κ2) is 7.39. The molecule has 2 atom stereocenters. The van der Waals surface area contributed by atoms with Crippen LogP contribution in [0.1, 0.15) is 19.8 Å². The van der Waals surface area contributed by atoms with Gasteiger partial charge in [-0.15, -0.1) is 0 Å². The lowest BCUT2D eigenvalue weighted by molar-refractivity contribution is 0.178. The maximum atomic E-state index is 5.65. The number of para-hydroxylation sites is 1. The SMILES string of the molecule is C[C@H](NCCCOc1ccccc1)[C@H]1CCOC1. The van der Waals surface area contributed by atoms with Gasteiger partial charge in [-0.1, -0.05) is 18.2 Å². The van der Waals surface area contributed by atoms with Crippen LogP contribution in [0.15, 0.2) is 30.3 Å². The predicted molar refractivity (Wildman–Crippen MR) is 72.9 cm³/mol. The summed E-state index contributed by atoms with van der Waals surface area (Å²) in [7, 11) is 0. The topological polar surface area (TPSA) is 30.5 Å². The lowest BCUT2D eigenvalue weighted by Gasteiger charge is -2.19. The molecule has 1 fully saturated rings. The zero-order valence-corrected chi connectivity index (χ0v) is 11.1. The highest BCUT2D eigenvalue weighted by Gasteiger charge is 2.21. The number of rotatable bonds is 7. The van der Waals surface area contributed by atoms with E-state index in [0.717, 1.165) is 38.5 Å². The number of nitrogens with one attached hydrogen (secondary N) is 1. The molecule has 18 heavy (non-hydrogen) atoms. The molecule has 0 bridgehead atoms. The summed E-state index contributed by atoms with van der Waals surface area (Å²) in [6, 6.07) is 10.5. The van der Waals surface area contributed by atoms with Gasteiger partial charge in [0.1, 0.15) is 5.75 Å².